The molecule has 0 aliphatic carbocycles. The van der Waals surface area contributed by atoms with E-state index in [2.05, 4.69) is 5.32 Å². The van der Waals surface area contributed by atoms with Crippen molar-refractivity contribution >= 4 is 5.91 Å². The van der Waals surface area contributed by atoms with Crippen LogP contribution < -0.4 is 5.32 Å². The molecule has 2 aromatic rings. The number of carbonyl (C=O) groups excluding carboxylic acids is 1. The molecule has 0 aliphatic rings. The molecule has 0 heterocycles. The highest BCUT2D eigenvalue weighted by Crippen LogP contribution is 2.31. The topological polar surface area (TPSA) is 29.1 Å². The van der Waals surface area contributed by atoms with Crippen LogP contribution in [-0.4, -0.2) is 13.0 Å². The number of likely N-dealkylation sites (N-methyl/N-ethyl adjacent to an activating group) is 1. The largest absolute Gasteiger partial charge is 0.356 e. The molecule has 2 rings (SSSR count). The van der Waals surface area contributed by atoms with Gasteiger partial charge in [-0.05, 0) is 11.6 Å². The van der Waals surface area contributed by atoms with Crippen LogP contribution in [0.2, 0.25) is 0 Å². The van der Waals surface area contributed by atoms with E-state index >= 15 is 0 Å². The third-order valence-electron chi connectivity index (χ3n) is 2.87. The maximum Gasteiger partial charge on any atom is 0.258 e. The summed E-state index contributed by atoms with van der Waals surface area (Å²) < 4.78 is 27.9. The molecule has 0 saturated carbocycles. The summed E-state index contributed by atoms with van der Waals surface area (Å²) >= 11 is 0. The highest BCUT2D eigenvalue weighted by molar-refractivity contribution is 5.85. The number of hydrogen-bond acceptors (Lipinski definition) is 1. The van der Waals surface area contributed by atoms with Gasteiger partial charge in [0.05, 0.1) is 0 Å². The van der Waals surface area contributed by atoms with Crippen LogP contribution >= 0.6 is 0 Å². The standard InChI is InChI=1S/C15H13F2NO/c1-18-15(19)14(17)12-8-3-2-6-10(12)11-7-4-5-9-13(11)16/h2-9,14H,1H3,(H,18,19). The molecule has 19 heavy (non-hydrogen) atoms. The fourth-order valence-electron chi connectivity index (χ4n) is 1.91. The average Bonchev–Trinajstić information content (AvgIpc) is 2.46. The van der Waals surface area contributed by atoms with Crippen molar-refractivity contribution in [2.75, 3.05) is 7.05 Å². The first-order valence-electron chi connectivity index (χ1n) is 5.84. The molecule has 0 spiro atoms. The van der Waals surface area contributed by atoms with Gasteiger partial charge in [0.15, 0.2) is 0 Å². The Morgan fingerprint density at radius 2 is 1.63 bits per heavy atom. The molecular formula is C15H13F2NO. The van der Waals surface area contributed by atoms with Crippen LogP contribution in [0.3, 0.4) is 0 Å². The zero-order valence-electron chi connectivity index (χ0n) is 10.4. The van der Waals surface area contributed by atoms with Crippen molar-refractivity contribution in [1.29, 1.82) is 0 Å². The summed E-state index contributed by atoms with van der Waals surface area (Å²) in [4.78, 5) is 11.4. The molecule has 1 amide bonds. The maximum atomic E-state index is 14.1. The number of hydrogen-bond donors (Lipinski definition) is 1. The van der Waals surface area contributed by atoms with E-state index in [4.69, 9.17) is 0 Å². The van der Waals surface area contributed by atoms with E-state index in [1.165, 1.54) is 19.2 Å². The molecule has 4 heteroatoms. The highest BCUT2D eigenvalue weighted by Gasteiger charge is 2.22. The maximum absolute atomic E-state index is 14.1. The number of nitrogens with one attached hydrogen (secondary N) is 1. The van der Waals surface area contributed by atoms with Gasteiger partial charge >= 0.3 is 0 Å². The Labute approximate surface area is 110 Å². The van der Waals surface area contributed by atoms with E-state index < -0.39 is 17.9 Å². The van der Waals surface area contributed by atoms with Crippen LogP contribution in [0, 0.1) is 5.82 Å². The van der Waals surface area contributed by atoms with Crippen molar-refractivity contribution in [3.05, 3.63) is 59.9 Å². The third kappa shape index (κ3) is 2.62. The highest BCUT2D eigenvalue weighted by atomic mass is 19.1. The molecule has 0 bridgehead atoms. The molecule has 98 valence electrons. The van der Waals surface area contributed by atoms with Crippen LogP contribution in [0.25, 0.3) is 11.1 Å². The number of rotatable bonds is 3. The molecule has 2 nitrogen and oxygen atoms in total. The average molecular weight is 261 g/mol. The van der Waals surface area contributed by atoms with E-state index in [1.54, 1.807) is 36.4 Å². The smallest absolute Gasteiger partial charge is 0.258 e. The lowest BCUT2D eigenvalue weighted by atomic mass is 9.96. The Hall–Kier alpha value is -2.23. The van der Waals surface area contributed by atoms with Gasteiger partial charge in [-0.1, -0.05) is 42.5 Å². The van der Waals surface area contributed by atoms with Crippen LogP contribution in [0.1, 0.15) is 11.7 Å². The predicted octanol–water partition coefficient (Wildman–Crippen LogP) is 3.25. The normalized spacial score (nSPS) is 11.9. The Kier molecular flexibility index (Phi) is 3.90. The second-order valence-electron chi connectivity index (χ2n) is 4.04. The minimum absolute atomic E-state index is 0.159. The van der Waals surface area contributed by atoms with Crippen LogP contribution in [-0.2, 0) is 4.79 Å². The fraction of sp³-hybridized carbons (Fsp3) is 0.133. The first-order valence-corrected chi connectivity index (χ1v) is 5.84. The summed E-state index contributed by atoms with van der Waals surface area (Å²) in [6.07, 6.45) is -1.82. The van der Waals surface area contributed by atoms with Crippen LogP contribution in [0.4, 0.5) is 8.78 Å². The van der Waals surface area contributed by atoms with Crippen molar-refractivity contribution in [2.45, 2.75) is 6.17 Å². The number of carbonyl (C=O) groups is 1. The summed E-state index contributed by atoms with van der Waals surface area (Å²) in [6.45, 7) is 0. The van der Waals surface area contributed by atoms with E-state index in [0.717, 1.165) is 0 Å². The lowest BCUT2D eigenvalue weighted by Crippen LogP contribution is -2.23. The Morgan fingerprint density at radius 1 is 1.05 bits per heavy atom. The molecule has 0 saturated heterocycles. The van der Waals surface area contributed by atoms with Gasteiger partial charge in [-0.2, -0.15) is 0 Å². The van der Waals surface area contributed by atoms with Crippen molar-refractivity contribution in [2.24, 2.45) is 0 Å². The molecule has 0 fully saturated rings. The second kappa shape index (κ2) is 5.61. The van der Waals surface area contributed by atoms with Gasteiger partial charge in [0, 0.05) is 18.2 Å². The summed E-state index contributed by atoms with van der Waals surface area (Å²) in [7, 11) is 1.36. The second-order valence-corrected chi connectivity index (χ2v) is 4.04. The monoisotopic (exact) mass is 261 g/mol. The lowest BCUT2D eigenvalue weighted by molar-refractivity contribution is -0.125. The minimum Gasteiger partial charge on any atom is -0.356 e. The zero-order chi connectivity index (χ0) is 13.8. The Morgan fingerprint density at radius 3 is 2.26 bits per heavy atom. The van der Waals surface area contributed by atoms with Crippen molar-refractivity contribution in [1.82, 2.24) is 5.32 Å². The van der Waals surface area contributed by atoms with E-state index in [9.17, 15) is 13.6 Å². The van der Waals surface area contributed by atoms with Gasteiger partial charge in [0.1, 0.15) is 5.82 Å². The SMILES string of the molecule is CNC(=O)C(F)c1ccccc1-c1ccccc1F. The van der Waals surface area contributed by atoms with Gasteiger partial charge < -0.3 is 5.32 Å². The van der Waals surface area contributed by atoms with E-state index in [-0.39, 0.29) is 11.1 Å². The first-order chi connectivity index (χ1) is 9.15. The Balaban J connectivity index is 2.54. The number of halogens is 2. The summed E-state index contributed by atoms with van der Waals surface area (Å²) in [5.41, 5.74) is 0.827. The third-order valence-corrected chi connectivity index (χ3v) is 2.87. The molecule has 2 aromatic carbocycles. The molecule has 0 radical (unpaired) electrons. The van der Waals surface area contributed by atoms with Crippen molar-refractivity contribution in [3.63, 3.8) is 0 Å². The first kappa shape index (κ1) is 13.2. The predicted molar refractivity (Wildman–Crippen MR) is 69.8 cm³/mol. The van der Waals surface area contributed by atoms with Gasteiger partial charge in [-0.3, -0.25) is 4.79 Å². The lowest BCUT2D eigenvalue weighted by Gasteiger charge is -2.13. The fourth-order valence-corrected chi connectivity index (χ4v) is 1.91. The molecular weight excluding hydrogens is 248 g/mol. The van der Waals surface area contributed by atoms with E-state index in [1.807, 2.05) is 0 Å². The van der Waals surface area contributed by atoms with Crippen LogP contribution in [0.15, 0.2) is 48.5 Å². The van der Waals surface area contributed by atoms with Gasteiger partial charge in [-0.25, -0.2) is 8.78 Å². The Bertz CT molecular complexity index is 598. The number of amides is 1. The van der Waals surface area contributed by atoms with Gasteiger partial charge in [-0.15, -0.1) is 0 Å². The molecule has 1 atom stereocenters. The van der Waals surface area contributed by atoms with Crippen molar-refractivity contribution < 1.29 is 13.6 Å². The van der Waals surface area contributed by atoms with Gasteiger partial charge in [0.2, 0.25) is 6.17 Å². The summed E-state index contributed by atoms with van der Waals surface area (Å²) in [5.74, 6) is -1.19. The summed E-state index contributed by atoms with van der Waals surface area (Å²) in [6, 6.07) is 12.5. The molecule has 1 N–H and O–H groups in total. The molecule has 1 unspecified atom stereocenters. The van der Waals surface area contributed by atoms with E-state index in [0.29, 0.717) is 5.56 Å². The van der Waals surface area contributed by atoms with Crippen molar-refractivity contribution in [3.8, 4) is 11.1 Å². The quantitative estimate of drug-likeness (QED) is 0.902. The van der Waals surface area contributed by atoms with Crippen LogP contribution in [0.5, 0.6) is 0 Å². The molecule has 0 aromatic heterocycles. The number of benzene rings is 2. The minimum atomic E-state index is -1.82. The summed E-state index contributed by atoms with van der Waals surface area (Å²) in [5, 5.41) is 2.25. The molecule has 0 aliphatic heterocycles. The van der Waals surface area contributed by atoms with Gasteiger partial charge in [0.25, 0.3) is 5.91 Å². The zero-order valence-corrected chi connectivity index (χ0v) is 10.4. The number of alkyl halides is 1.